The Hall–Kier alpha value is -1.39. The maximum atomic E-state index is 6.50. The van der Waals surface area contributed by atoms with E-state index < -0.39 is 0 Å². The van der Waals surface area contributed by atoms with Gasteiger partial charge in [0.25, 0.3) is 0 Å². The van der Waals surface area contributed by atoms with Crippen LogP contribution in [0.25, 0.3) is 10.9 Å². The summed E-state index contributed by atoms with van der Waals surface area (Å²) < 4.78 is 7.68. The summed E-state index contributed by atoms with van der Waals surface area (Å²) in [5.41, 5.74) is 8.50. The molecule has 0 radical (unpaired) electrons. The van der Waals surface area contributed by atoms with Crippen LogP contribution in [0.2, 0.25) is 0 Å². The average Bonchev–Trinajstić information content (AvgIpc) is 2.92. The van der Waals surface area contributed by atoms with Gasteiger partial charge in [-0.25, -0.2) is 0 Å². The number of nitrogens with zero attached hydrogens (tertiary/aromatic N) is 2. The van der Waals surface area contributed by atoms with Crippen molar-refractivity contribution in [3.05, 3.63) is 30.0 Å². The highest BCUT2D eigenvalue weighted by Crippen LogP contribution is 2.29. The van der Waals surface area contributed by atoms with Crippen molar-refractivity contribution in [2.24, 2.45) is 5.73 Å². The minimum absolute atomic E-state index is 0.0954. The van der Waals surface area contributed by atoms with Crippen LogP contribution < -0.4 is 5.73 Å². The van der Waals surface area contributed by atoms with Crippen LogP contribution in [0, 0.1) is 0 Å². The van der Waals surface area contributed by atoms with E-state index in [1.54, 1.807) is 0 Å². The summed E-state index contributed by atoms with van der Waals surface area (Å²) in [5.74, 6) is 0. The zero-order valence-corrected chi connectivity index (χ0v) is 11.6. The third kappa shape index (κ3) is 2.05. The fourth-order valence-corrected chi connectivity index (χ4v) is 2.91. The summed E-state index contributed by atoms with van der Waals surface area (Å²) in [6.07, 6.45) is 1.78. The number of nitrogens with two attached hydrogens (primary N) is 1. The first-order valence-electron chi connectivity index (χ1n) is 6.99. The highest BCUT2D eigenvalue weighted by atomic mass is 16.5. The predicted molar refractivity (Wildman–Crippen MR) is 76.1 cm³/mol. The van der Waals surface area contributed by atoms with Gasteiger partial charge in [-0.1, -0.05) is 18.2 Å². The number of para-hydroxylation sites is 1. The second-order valence-corrected chi connectivity index (χ2v) is 5.45. The Kier molecular flexibility index (Phi) is 3.07. The Morgan fingerprint density at radius 3 is 2.95 bits per heavy atom. The van der Waals surface area contributed by atoms with E-state index in [0.29, 0.717) is 0 Å². The smallest absolute Gasteiger partial charge is 0.0731 e. The van der Waals surface area contributed by atoms with Gasteiger partial charge in [0.2, 0.25) is 0 Å². The van der Waals surface area contributed by atoms with Gasteiger partial charge in [-0.3, -0.25) is 4.68 Å². The second kappa shape index (κ2) is 4.62. The molecular formula is C15H21N3O. The predicted octanol–water partition coefficient (Wildman–Crippen LogP) is 2.10. The minimum Gasteiger partial charge on any atom is -0.377 e. The summed E-state index contributed by atoms with van der Waals surface area (Å²) >= 11 is 0. The van der Waals surface area contributed by atoms with Crippen LogP contribution in [0.3, 0.4) is 0 Å². The zero-order chi connectivity index (χ0) is 13.5. The Balaban J connectivity index is 2.01. The van der Waals surface area contributed by atoms with E-state index in [0.717, 1.165) is 31.7 Å². The molecule has 4 heteroatoms. The quantitative estimate of drug-likeness (QED) is 0.918. The highest BCUT2D eigenvalue weighted by Gasteiger charge is 2.38. The van der Waals surface area contributed by atoms with Crippen molar-refractivity contribution < 1.29 is 4.74 Å². The number of aromatic nitrogens is 2. The molecule has 1 aromatic carbocycles. The van der Waals surface area contributed by atoms with E-state index in [1.807, 2.05) is 0 Å². The highest BCUT2D eigenvalue weighted by molar-refractivity contribution is 5.82. The van der Waals surface area contributed by atoms with Gasteiger partial charge >= 0.3 is 0 Å². The monoisotopic (exact) mass is 259 g/mol. The lowest BCUT2D eigenvalue weighted by Gasteiger charge is -2.26. The Labute approximate surface area is 113 Å². The fraction of sp³-hybridized carbons (Fsp3) is 0.533. The van der Waals surface area contributed by atoms with Crippen LogP contribution in [0.15, 0.2) is 24.3 Å². The van der Waals surface area contributed by atoms with Gasteiger partial charge in [-0.05, 0) is 26.3 Å². The lowest BCUT2D eigenvalue weighted by atomic mass is 9.87. The van der Waals surface area contributed by atoms with E-state index >= 15 is 0 Å². The van der Waals surface area contributed by atoms with Crippen LogP contribution in [-0.4, -0.2) is 28.0 Å². The molecule has 1 aliphatic rings. The number of hydrogen-bond acceptors (Lipinski definition) is 3. The Bertz CT molecular complexity index is 592. The third-order valence-electron chi connectivity index (χ3n) is 4.28. The number of rotatable bonds is 3. The van der Waals surface area contributed by atoms with E-state index in [4.69, 9.17) is 15.6 Å². The molecule has 0 amide bonds. The molecule has 2 heterocycles. The molecule has 19 heavy (non-hydrogen) atoms. The molecular weight excluding hydrogens is 238 g/mol. The van der Waals surface area contributed by atoms with Crippen molar-refractivity contribution in [1.82, 2.24) is 9.78 Å². The standard InChI is InChI=1S/C15H21N3O/c1-3-18-14-7-5-4-6-12(14)13(17-18)10-15(16)8-9-19-11(15)2/h4-7,11H,3,8-10,16H2,1-2H3. The molecule has 0 bridgehead atoms. The van der Waals surface area contributed by atoms with Crippen LogP contribution in [0.1, 0.15) is 26.0 Å². The first kappa shape index (κ1) is 12.6. The van der Waals surface area contributed by atoms with Gasteiger partial charge in [0.1, 0.15) is 0 Å². The van der Waals surface area contributed by atoms with E-state index in [-0.39, 0.29) is 11.6 Å². The summed E-state index contributed by atoms with van der Waals surface area (Å²) in [7, 11) is 0. The molecule has 1 fully saturated rings. The van der Waals surface area contributed by atoms with Crippen LogP contribution in [0.4, 0.5) is 0 Å². The molecule has 1 saturated heterocycles. The minimum atomic E-state index is -0.282. The number of hydrogen-bond donors (Lipinski definition) is 1. The molecule has 2 unspecified atom stereocenters. The molecule has 4 nitrogen and oxygen atoms in total. The second-order valence-electron chi connectivity index (χ2n) is 5.45. The molecule has 3 rings (SSSR count). The van der Waals surface area contributed by atoms with Gasteiger partial charge < -0.3 is 10.5 Å². The molecule has 2 aromatic rings. The summed E-state index contributed by atoms with van der Waals surface area (Å²) in [6.45, 7) is 5.81. The van der Waals surface area contributed by atoms with Crippen LogP contribution >= 0.6 is 0 Å². The summed E-state index contributed by atoms with van der Waals surface area (Å²) in [4.78, 5) is 0. The Morgan fingerprint density at radius 2 is 2.26 bits per heavy atom. The fourth-order valence-electron chi connectivity index (χ4n) is 2.91. The van der Waals surface area contributed by atoms with Gasteiger partial charge in [0, 0.05) is 30.5 Å². The van der Waals surface area contributed by atoms with E-state index in [1.165, 1.54) is 10.9 Å². The lowest BCUT2D eigenvalue weighted by molar-refractivity contribution is 0.0953. The normalized spacial score (nSPS) is 27.2. The molecule has 1 aromatic heterocycles. The number of benzene rings is 1. The molecule has 0 spiro atoms. The molecule has 0 aliphatic carbocycles. The van der Waals surface area contributed by atoms with Crippen LogP contribution in [0.5, 0.6) is 0 Å². The summed E-state index contributed by atoms with van der Waals surface area (Å²) in [6, 6.07) is 8.37. The first-order valence-corrected chi connectivity index (χ1v) is 6.99. The van der Waals surface area contributed by atoms with Crippen molar-refractivity contribution in [3.8, 4) is 0 Å². The molecule has 1 aliphatic heterocycles. The zero-order valence-electron chi connectivity index (χ0n) is 11.6. The number of ether oxygens (including phenoxy) is 1. The van der Waals surface area contributed by atoms with Crippen molar-refractivity contribution >= 4 is 10.9 Å². The molecule has 102 valence electrons. The SMILES string of the molecule is CCn1nc(CC2(N)CCOC2C)c2ccccc21. The summed E-state index contributed by atoms with van der Waals surface area (Å²) in [5, 5.41) is 5.95. The van der Waals surface area contributed by atoms with Gasteiger partial charge in [0.15, 0.2) is 0 Å². The van der Waals surface area contributed by atoms with Crippen molar-refractivity contribution in [2.45, 2.75) is 44.9 Å². The lowest BCUT2D eigenvalue weighted by Crippen LogP contribution is -2.48. The van der Waals surface area contributed by atoms with Gasteiger partial charge in [-0.15, -0.1) is 0 Å². The van der Waals surface area contributed by atoms with Crippen molar-refractivity contribution in [3.63, 3.8) is 0 Å². The van der Waals surface area contributed by atoms with Crippen LogP contribution in [-0.2, 0) is 17.7 Å². The average molecular weight is 259 g/mol. The first-order chi connectivity index (χ1) is 9.14. The molecule has 2 atom stereocenters. The largest absolute Gasteiger partial charge is 0.377 e. The van der Waals surface area contributed by atoms with E-state index in [2.05, 4.69) is 42.8 Å². The van der Waals surface area contributed by atoms with Gasteiger partial charge in [0.05, 0.1) is 17.3 Å². The number of fused-ring (bicyclic) bond motifs is 1. The number of aryl methyl sites for hydroxylation is 1. The van der Waals surface area contributed by atoms with Gasteiger partial charge in [-0.2, -0.15) is 5.10 Å². The van der Waals surface area contributed by atoms with Crippen molar-refractivity contribution in [1.29, 1.82) is 0 Å². The Morgan fingerprint density at radius 1 is 1.47 bits per heavy atom. The molecule has 0 saturated carbocycles. The maximum Gasteiger partial charge on any atom is 0.0731 e. The van der Waals surface area contributed by atoms with E-state index in [9.17, 15) is 0 Å². The van der Waals surface area contributed by atoms with Crippen molar-refractivity contribution in [2.75, 3.05) is 6.61 Å². The topological polar surface area (TPSA) is 53.1 Å². The molecule has 2 N–H and O–H groups in total. The third-order valence-corrected chi connectivity index (χ3v) is 4.28. The maximum absolute atomic E-state index is 6.50.